The van der Waals surface area contributed by atoms with Crippen LogP contribution in [0, 0.1) is 10.1 Å². The van der Waals surface area contributed by atoms with Gasteiger partial charge in [-0.3, -0.25) is 4.94 Å². The summed E-state index contributed by atoms with van der Waals surface area (Å²) in [6.07, 6.45) is 0. The van der Waals surface area contributed by atoms with Crippen LogP contribution < -0.4 is 5.64 Å². The van der Waals surface area contributed by atoms with Gasteiger partial charge in [0.15, 0.2) is 5.34 Å². The molecular formula is HN2O3-. The van der Waals surface area contributed by atoms with E-state index in [4.69, 9.17) is 10.1 Å². The van der Waals surface area contributed by atoms with Gasteiger partial charge in [0.25, 0.3) is 0 Å². The molecule has 0 spiro atoms. The van der Waals surface area contributed by atoms with Gasteiger partial charge in [-0.1, -0.05) is 0 Å². The maximum Gasteiger partial charge on any atom is 0.175 e. The van der Waals surface area contributed by atoms with Crippen LogP contribution in [0.1, 0.15) is 0 Å². The van der Waals surface area contributed by atoms with Crippen LogP contribution in [0.25, 0.3) is 0 Å². The van der Waals surface area contributed by atoms with Crippen molar-refractivity contribution >= 4 is 0 Å². The van der Waals surface area contributed by atoms with Gasteiger partial charge in [0, 0.05) is 0 Å². The van der Waals surface area contributed by atoms with Crippen molar-refractivity contribution in [2.75, 3.05) is 0 Å². The molecule has 0 atom stereocenters. The third-order valence-electron chi connectivity index (χ3n) is 0.0745. The van der Waals surface area contributed by atoms with Crippen LogP contribution in [0.3, 0.4) is 0 Å². The van der Waals surface area contributed by atoms with E-state index in [1.807, 2.05) is 0 Å². The third-order valence-corrected chi connectivity index (χ3v) is 0.0745. The lowest BCUT2D eigenvalue weighted by Crippen LogP contribution is -1.95. The topological polar surface area (TPSA) is 73.8 Å². The van der Waals surface area contributed by atoms with Gasteiger partial charge in [-0.05, 0) is 0 Å². The molecule has 5 heteroatoms. The first-order chi connectivity index (χ1) is 2.41. The quantitative estimate of drug-likeness (QED) is 0.362. The lowest BCUT2D eigenvalue weighted by Gasteiger charge is -1.94. The van der Waals surface area contributed by atoms with Gasteiger partial charge >= 0.3 is 0 Å². The molecule has 0 aromatic carbocycles. The van der Waals surface area contributed by atoms with E-state index in [1.54, 1.807) is 5.34 Å². The van der Waals surface area contributed by atoms with E-state index in [2.05, 4.69) is 4.94 Å². The minimum atomic E-state index is 0.788. The highest BCUT2D eigenvalue weighted by Crippen LogP contribution is 1.54. The highest BCUT2D eigenvalue weighted by Gasteiger charge is 1.50. The van der Waals surface area contributed by atoms with E-state index in [0.717, 1.165) is 5.64 Å². The molecule has 0 aliphatic rings. The molecule has 0 aliphatic carbocycles. The normalized spacial score (nSPS) is 6.60. The summed E-state index contributed by atoms with van der Waals surface area (Å²) in [5.74, 6) is 0. The molecule has 0 fully saturated rings. The standard InChI is InChI=1S/HN2O3/c3-1-5-2-4/h1H/q-1. The van der Waals surface area contributed by atoms with Gasteiger partial charge in [-0.15, -0.1) is 4.91 Å². The summed E-state index contributed by atoms with van der Waals surface area (Å²) in [7, 11) is 0. The Morgan fingerprint density at radius 3 is 2.60 bits per heavy atom. The average Bonchev–Trinajstić information content (AvgIpc) is 1.41. The highest BCUT2D eigenvalue weighted by atomic mass is 16.9. The molecule has 0 amide bonds. The highest BCUT2D eigenvalue weighted by molar-refractivity contribution is 4.08. The zero-order valence-electron chi connectivity index (χ0n) is 2.17. The van der Waals surface area contributed by atoms with Gasteiger partial charge in [0.05, 0.1) is 0 Å². The molecule has 5 heavy (non-hydrogen) atoms. The van der Waals surface area contributed by atoms with E-state index in [0.29, 0.717) is 0 Å². The zero-order valence-corrected chi connectivity index (χ0v) is 2.17. The van der Waals surface area contributed by atoms with Crippen molar-refractivity contribution in [3.63, 3.8) is 0 Å². The second-order valence-electron chi connectivity index (χ2n) is 0.249. The first kappa shape index (κ1) is 4.32. The first-order valence-corrected chi connectivity index (χ1v) is 0.773. The minimum absolute atomic E-state index is 0.788. The smallest absolute Gasteiger partial charge is 0.175 e. The third kappa shape index (κ3) is 3.32. The SMILES string of the molecule is O=NON[O-]. The summed E-state index contributed by atoms with van der Waals surface area (Å²) < 4.78 is 0. The Bertz CT molecular complexity index is 26.1. The molecule has 0 bridgehead atoms. The van der Waals surface area contributed by atoms with Crippen LogP contribution in [0.4, 0.5) is 0 Å². The fourth-order valence-corrected chi connectivity index (χ4v) is 0.0152. The summed E-state index contributed by atoms with van der Waals surface area (Å²) in [6, 6.07) is 0. The molecule has 0 heterocycles. The van der Waals surface area contributed by atoms with Crippen LogP contribution in [-0.2, 0) is 4.94 Å². The van der Waals surface area contributed by atoms with Crippen molar-refractivity contribution in [2.24, 2.45) is 5.34 Å². The predicted octanol–water partition coefficient (Wildman–Crippen LogP) is -0.313. The van der Waals surface area contributed by atoms with Crippen molar-refractivity contribution < 1.29 is 4.94 Å². The van der Waals surface area contributed by atoms with Crippen molar-refractivity contribution in [2.45, 2.75) is 0 Å². The van der Waals surface area contributed by atoms with E-state index in [9.17, 15) is 0 Å². The zero-order chi connectivity index (χ0) is 4.12. The van der Waals surface area contributed by atoms with Gasteiger partial charge in [0.2, 0.25) is 0 Å². The Labute approximate surface area is 27.4 Å². The molecule has 0 radical (unpaired) electrons. The molecule has 0 aliphatic heterocycles. The van der Waals surface area contributed by atoms with E-state index < -0.39 is 0 Å². The summed E-state index contributed by atoms with van der Waals surface area (Å²) in [5.41, 5.74) is 0.788. The molecule has 0 saturated carbocycles. The predicted molar refractivity (Wildman–Crippen MR) is 13.4 cm³/mol. The van der Waals surface area contributed by atoms with Crippen molar-refractivity contribution in [1.82, 2.24) is 5.64 Å². The minimum Gasteiger partial charge on any atom is -0.753 e. The maximum atomic E-state index is 8.76. The van der Waals surface area contributed by atoms with E-state index >= 15 is 0 Å². The molecule has 30 valence electrons. The van der Waals surface area contributed by atoms with Crippen molar-refractivity contribution in [1.29, 1.82) is 0 Å². The molecule has 0 saturated heterocycles. The molecule has 0 unspecified atom stereocenters. The Morgan fingerprint density at radius 1 is 2.00 bits per heavy atom. The Kier molecular flexibility index (Phi) is 2.87. The Balaban J connectivity index is 2.40. The fourth-order valence-electron chi connectivity index (χ4n) is 0.0152. The molecule has 5 nitrogen and oxygen atoms in total. The second kappa shape index (κ2) is 3.32. The molecular weight excluding hydrogens is 76.0 g/mol. The number of nitrogens with zero attached hydrogens (tertiary/aromatic N) is 1. The second-order valence-corrected chi connectivity index (χ2v) is 0.249. The van der Waals surface area contributed by atoms with Gasteiger partial charge < -0.3 is 5.21 Å². The summed E-state index contributed by atoms with van der Waals surface area (Å²) >= 11 is 0. The molecule has 1 N–H and O–H groups in total. The van der Waals surface area contributed by atoms with Gasteiger partial charge in [0.1, 0.15) is 0 Å². The van der Waals surface area contributed by atoms with Crippen molar-refractivity contribution in [3.05, 3.63) is 10.1 Å². The van der Waals surface area contributed by atoms with Gasteiger partial charge in [-0.25, -0.2) is 0 Å². The molecule has 0 aromatic heterocycles. The Hall–Kier alpha value is -0.680. The number of nitrogens with one attached hydrogen (secondary N) is 1. The first-order valence-electron chi connectivity index (χ1n) is 0.773. The maximum absolute atomic E-state index is 8.76. The van der Waals surface area contributed by atoms with Gasteiger partial charge in [-0.2, -0.15) is 5.64 Å². The van der Waals surface area contributed by atoms with Crippen LogP contribution in [0.2, 0.25) is 0 Å². The van der Waals surface area contributed by atoms with Crippen LogP contribution in [0.15, 0.2) is 5.34 Å². The average molecular weight is 77.0 g/mol. The summed E-state index contributed by atoms with van der Waals surface area (Å²) in [5, 5.41) is 10.4. The van der Waals surface area contributed by atoms with Crippen LogP contribution in [0.5, 0.6) is 0 Å². The van der Waals surface area contributed by atoms with Crippen LogP contribution >= 0.6 is 0 Å². The van der Waals surface area contributed by atoms with Crippen LogP contribution in [-0.4, -0.2) is 0 Å². The summed E-state index contributed by atoms with van der Waals surface area (Å²) in [4.78, 5) is 11.8. The van der Waals surface area contributed by atoms with E-state index in [1.165, 1.54) is 0 Å². The number of rotatable bonds is 2. The summed E-state index contributed by atoms with van der Waals surface area (Å²) in [6.45, 7) is 0. The lowest BCUT2D eigenvalue weighted by molar-refractivity contribution is 0.0745. The Morgan fingerprint density at radius 2 is 2.60 bits per heavy atom. The molecule has 0 aromatic rings. The number of hydrogen-bond acceptors (Lipinski definition) is 5. The fraction of sp³-hybridized carbons (Fsp3) is 0. The number of hydrogen-bond donors (Lipinski definition) is 1. The van der Waals surface area contributed by atoms with Crippen molar-refractivity contribution in [3.8, 4) is 0 Å². The molecule has 0 rings (SSSR count). The monoisotopic (exact) mass is 77.0 g/mol. The lowest BCUT2D eigenvalue weighted by atomic mass is 13.1. The largest absolute Gasteiger partial charge is 0.753 e. The van der Waals surface area contributed by atoms with E-state index in [-0.39, 0.29) is 0 Å².